The van der Waals surface area contributed by atoms with Crippen LogP contribution in [-0.4, -0.2) is 51.4 Å². The van der Waals surface area contributed by atoms with E-state index in [-0.39, 0.29) is 28.2 Å². The predicted molar refractivity (Wildman–Crippen MR) is 95.0 cm³/mol. The zero-order valence-corrected chi connectivity index (χ0v) is 15.3. The van der Waals surface area contributed by atoms with E-state index in [0.717, 1.165) is 0 Å². The minimum Gasteiger partial charge on any atom is -0.374 e. The molecule has 1 fully saturated rings. The lowest BCUT2D eigenvalue weighted by Crippen LogP contribution is -2.48. The number of aromatic nitrogens is 3. The largest absolute Gasteiger partial charge is 0.374 e. The van der Waals surface area contributed by atoms with Gasteiger partial charge in [-0.05, 0) is 18.9 Å². The number of nitrogens with zero attached hydrogens (tertiary/aromatic N) is 4. The summed E-state index contributed by atoms with van der Waals surface area (Å²) in [6.45, 7) is 8.01. The minimum atomic E-state index is -0.367. The van der Waals surface area contributed by atoms with Gasteiger partial charge in [0.05, 0.1) is 18.1 Å². The molecule has 2 aromatic heterocycles. The third-order valence-corrected chi connectivity index (χ3v) is 4.67. The van der Waals surface area contributed by atoms with Crippen LogP contribution >= 0.6 is 11.6 Å². The molecule has 0 radical (unpaired) electrons. The van der Waals surface area contributed by atoms with Crippen LogP contribution in [0.2, 0.25) is 5.15 Å². The normalized spacial score (nSPS) is 18.1. The molecule has 0 aromatic carbocycles. The van der Waals surface area contributed by atoms with Gasteiger partial charge in [-0.3, -0.25) is 9.59 Å². The molecule has 0 spiro atoms. The molecule has 134 valence electrons. The maximum Gasteiger partial charge on any atom is 0.259 e. The molecular formula is C17H21ClN4O3. The number of fused-ring (bicyclic) bond motifs is 1. The van der Waals surface area contributed by atoms with Crippen molar-refractivity contribution in [3.05, 3.63) is 33.2 Å². The molecule has 7 nitrogen and oxygen atoms in total. The summed E-state index contributed by atoms with van der Waals surface area (Å²) in [5.41, 5.74) is 0.187. The van der Waals surface area contributed by atoms with Crippen molar-refractivity contribution in [1.82, 2.24) is 19.7 Å². The molecule has 1 amide bonds. The Labute approximate surface area is 150 Å². The zero-order valence-electron chi connectivity index (χ0n) is 14.5. The van der Waals surface area contributed by atoms with Gasteiger partial charge in [0.25, 0.3) is 5.91 Å². The van der Waals surface area contributed by atoms with Gasteiger partial charge in [-0.1, -0.05) is 25.4 Å². The van der Waals surface area contributed by atoms with Gasteiger partial charge in [-0.25, -0.2) is 0 Å². The number of carbonyl (C=O) groups is 1. The van der Waals surface area contributed by atoms with Crippen LogP contribution in [0.25, 0.3) is 11.0 Å². The molecule has 0 saturated carbocycles. The van der Waals surface area contributed by atoms with Crippen LogP contribution in [0.15, 0.2) is 17.1 Å². The number of halogens is 1. The fourth-order valence-electron chi connectivity index (χ4n) is 2.99. The molecule has 0 N–H and O–H groups in total. The molecule has 1 unspecified atom stereocenters. The van der Waals surface area contributed by atoms with Crippen LogP contribution in [0.1, 0.15) is 31.1 Å². The van der Waals surface area contributed by atoms with Crippen molar-refractivity contribution in [1.29, 1.82) is 0 Å². The maximum absolute atomic E-state index is 13.0. The van der Waals surface area contributed by atoms with Crippen LogP contribution in [0, 0.1) is 5.92 Å². The average molecular weight is 365 g/mol. The number of hydrogen-bond acceptors (Lipinski definition) is 5. The number of hydrogen-bond donors (Lipinski definition) is 0. The molecule has 1 atom stereocenters. The second-order valence-electron chi connectivity index (χ2n) is 6.47. The number of pyridine rings is 1. The predicted octanol–water partition coefficient (Wildman–Crippen LogP) is 1.96. The van der Waals surface area contributed by atoms with E-state index in [2.05, 4.69) is 24.0 Å². The molecule has 0 aliphatic carbocycles. The number of ether oxygens (including phenoxy) is 1. The first kappa shape index (κ1) is 17.8. The summed E-state index contributed by atoms with van der Waals surface area (Å²) < 4.78 is 7.45. The summed E-state index contributed by atoms with van der Waals surface area (Å²) in [4.78, 5) is 27.5. The molecule has 2 aromatic rings. The number of morpholine rings is 1. The molecule has 3 rings (SSSR count). The second-order valence-corrected chi connectivity index (χ2v) is 6.85. The molecule has 3 heterocycles. The monoisotopic (exact) mass is 364 g/mol. The third kappa shape index (κ3) is 3.39. The van der Waals surface area contributed by atoms with Crippen molar-refractivity contribution < 1.29 is 9.53 Å². The lowest BCUT2D eigenvalue weighted by Gasteiger charge is -2.34. The van der Waals surface area contributed by atoms with Gasteiger partial charge in [0, 0.05) is 25.8 Å². The maximum atomic E-state index is 13.0. The van der Waals surface area contributed by atoms with Gasteiger partial charge in [-0.2, -0.15) is 0 Å². The van der Waals surface area contributed by atoms with Crippen molar-refractivity contribution in [2.24, 2.45) is 5.92 Å². The van der Waals surface area contributed by atoms with E-state index >= 15 is 0 Å². The number of carbonyl (C=O) groups excluding carboxylic acids is 1. The Morgan fingerprint density at radius 3 is 2.88 bits per heavy atom. The van der Waals surface area contributed by atoms with Gasteiger partial charge >= 0.3 is 0 Å². The van der Waals surface area contributed by atoms with Crippen molar-refractivity contribution in [3.8, 4) is 0 Å². The summed E-state index contributed by atoms with van der Waals surface area (Å²) in [5.74, 6) is 0.0181. The van der Waals surface area contributed by atoms with E-state index in [0.29, 0.717) is 43.2 Å². The van der Waals surface area contributed by atoms with Crippen molar-refractivity contribution >= 4 is 28.5 Å². The molecule has 25 heavy (non-hydrogen) atoms. The fraction of sp³-hybridized carbons (Fsp3) is 0.529. The summed E-state index contributed by atoms with van der Waals surface area (Å²) >= 11 is 5.89. The second kappa shape index (κ2) is 7.09. The molecule has 1 aliphatic heterocycles. The lowest BCUT2D eigenvalue weighted by atomic mass is 10.0. The van der Waals surface area contributed by atoms with Crippen molar-refractivity contribution in [3.63, 3.8) is 0 Å². The topological polar surface area (TPSA) is 77.3 Å². The first-order valence-electron chi connectivity index (χ1n) is 8.39. The number of amides is 1. The van der Waals surface area contributed by atoms with Gasteiger partial charge in [-0.15, -0.1) is 10.2 Å². The number of aryl methyl sites for hydroxylation is 1. The van der Waals surface area contributed by atoms with Gasteiger partial charge in [0.1, 0.15) is 5.56 Å². The Morgan fingerprint density at radius 1 is 1.44 bits per heavy atom. The zero-order chi connectivity index (χ0) is 18.1. The minimum absolute atomic E-state index is 0.0214. The van der Waals surface area contributed by atoms with E-state index < -0.39 is 0 Å². The molecule has 1 aliphatic rings. The van der Waals surface area contributed by atoms with Gasteiger partial charge < -0.3 is 14.2 Å². The highest BCUT2D eigenvalue weighted by atomic mass is 35.5. The van der Waals surface area contributed by atoms with E-state index in [1.807, 2.05) is 6.92 Å². The Hall–Kier alpha value is -1.99. The highest BCUT2D eigenvalue weighted by Crippen LogP contribution is 2.17. The van der Waals surface area contributed by atoms with Gasteiger partial charge in [0.15, 0.2) is 10.8 Å². The van der Waals surface area contributed by atoms with Crippen LogP contribution in [-0.2, 0) is 11.3 Å². The Bertz CT molecular complexity index is 865. The van der Waals surface area contributed by atoms with E-state index in [1.165, 1.54) is 6.07 Å². The van der Waals surface area contributed by atoms with E-state index in [9.17, 15) is 9.59 Å². The first-order chi connectivity index (χ1) is 11.9. The standard InChI is InChI=1S/C17H21ClN4O3/c1-4-21-8-12(15(23)11-7-14(18)19-20-16(11)21)17(24)22-5-6-25-13(9-22)10(2)3/h7-8,10,13H,4-6,9H2,1-3H3. The lowest BCUT2D eigenvalue weighted by molar-refractivity contribution is -0.0421. The Balaban J connectivity index is 2.04. The SMILES string of the molecule is CCn1cc(C(=O)N2CCOC(C(C)C)C2)c(=O)c2cc(Cl)nnc21. The fourth-order valence-corrected chi connectivity index (χ4v) is 3.14. The van der Waals surface area contributed by atoms with Crippen LogP contribution < -0.4 is 5.43 Å². The molecule has 1 saturated heterocycles. The Kier molecular flexibility index (Phi) is 5.06. The number of rotatable bonds is 3. The summed E-state index contributed by atoms with van der Waals surface area (Å²) in [7, 11) is 0. The van der Waals surface area contributed by atoms with Crippen molar-refractivity contribution in [2.75, 3.05) is 19.7 Å². The van der Waals surface area contributed by atoms with Crippen LogP contribution in [0.5, 0.6) is 0 Å². The van der Waals surface area contributed by atoms with Crippen LogP contribution in [0.3, 0.4) is 0 Å². The average Bonchev–Trinajstić information content (AvgIpc) is 2.62. The third-order valence-electron chi connectivity index (χ3n) is 4.49. The highest BCUT2D eigenvalue weighted by molar-refractivity contribution is 6.29. The molecular weight excluding hydrogens is 344 g/mol. The summed E-state index contributed by atoms with van der Waals surface area (Å²) in [5, 5.41) is 8.23. The smallest absolute Gasteiger partial charge is 0.259 e. The van der Waals surface area contributed by atoms with E-state index in [1.54, 1.807) is 15.7 Å². The first-order valence-corrected chi connectivity index (χ1v) is 8.77. The van der Waals surface area contributed by atoms with Crippen LogP contribution in [0.4, 0.5) is 0 Å². The summed E-state index contributed by atoms with van der Waals surface area (Å²) in [6.07, 6.45) is 1.54. The quantitative estimate of drug-likeness (QED) is 0.832. The Morgan fingerprint density at radius 2 is 2.20 bits per heavy atom. The van der Waals surface area contributed by atoms with E-state index in [4.69, 9.17) is 16.3 Å². The van der Waals surface area contributed by atoms with Crippen molar-refractivity contribution in [2.45, 2.75) is 33.4 Å². The summed E-state index contributed by atoms with van der Waals surface area (Å²) in [6, 6.07) is 1.46. The van der Waals surface area contributed by atoms with Gasteiger partial charge in [0.2, 0.25) is 5.43 Å². The molecule has 0 bridgehead atoms. The molecule has 8 heteroatoms. The highest BCUT2D eigenvalue weighted by Gasteiger charge is 2.29.